The molecule has 3 aromatic carbocycles. The topological polar surface area (TPSA) is 56.2 Å². The first-order chi connectivity index (χ1) is 15.8. The summed E-state index contributed by atoms with van der Waals surface area (Å²) in [5, 5.41) is 6.06. The molecule has 0 spiro atoms. The third-order valence-electron chi connectivity index (χ3n) is 5.69. The maximum absolute atomic E-state index is 12.8. The van der Waals surface area contributed by atoms with Gasteiger partial charge in [0.05, 0.1) is 30.3 Å². The number of hydrogen-bond donors (Lipinski definition) is 1. The summed E-state index contributed by atoms with van der Waals surface area (Å²) in [4.78, 5) is 17.4. The van der Waals surface area contributed by atoms with E-state index in [1.165, 1.54) is 11.8 Å². The number of rotatable bonds is 7. The van der Waals surface area contributed by atoms with Crippen molar-refractivity contribution in [2.24, 2.45) is 0 Å². The van der Waals surface area contributed by atoms with Crippen LogP contribution in [0.4, 0.5) is 5.69 Å². The Kier molecular flexibility index (Phi) is 6.23. The lowest BCUT2D eigenvalue weighted by atomic mass is 10.1. The second kappa shape index (κ2) is 9.59. The summed E-state index contributed by atoms with van der Waals surface area (Å²) < 4.78 is 8.08. The number of aromatic nitrogens is 2. The fourth-order valence-corrected chi connectivity index (χ4v) is 4.92. The highest BCUT2D eigenvalue weighted by Crippen LogP contribution is 2.29. The molecule has 0 saturated carbocycles. The molecule has 0 radical (unpaired) electrons. The molecule has 4 aromatic rings. The molecule has 0 unspecified atom stereocenters. The first-order valence-electron chi connectivity index (χ1n) is 10.9. The van der Waals surface area contributed by atoms with Crippen LogP contribution in [0.25, 0.3) is 22.0 Å². The number of carbonyl (C=O) groups excluding carboxylic acids is 1. The lowest BCUT2D eigenvalue weighted by Crippen LogP contribution is -2.18. The van der Waals surface area contributed by atoms with E-state index in [-0.39, 0.29) is 12.0 Å². The van der Waals surface area contributed by atoms with Crippen molar-refractivity contribution >= 4 is 34.1 Å². The molecule has 1 atom stereocenters. The zero-order valence-electron chi connectivity index (χ0n) is 17.7. The minimum absolute atomic E-state index is 0.0423. The van der Waals surface area contributed by atoms with Crippen LogP contribution in [0, 0.1) is 0 Å². The fourth-order valence-electron chi connectivity index (χ4n) is 4.13. The van der Waals surface area contributed by atoms with Crippen LogP contribution in [0.1, 0.15) is 12.8 Å². The van der Waals surface area contributed by atoms with Gasteiger partial charge in [0.25, 0.3) is 0 Å². The van der Waals surface area contributed by atoms with Crippen molar-refractivity contribution in [3.63, 3.8) is 0 Å². The molecule has 5 nitrogen and oxygen atoms in total. The summed E-state index contributed by atoms with van der Waals surface area (Å²) in [5.74, 6) is 0.249. The Morgan fingerprint density at radius 2 is 1.88 bits per heavy atom. The van der Waals surface area contributed by atoms with Gasteiger partial charge in [-0.05, 0) is 29.9 Å². The molecule has 1 aliphatic heterocycles. The Morgan fingerprint density at radius 3 is 2.72 bits per heavy atom. The molecular weight excluding hydrogens is 418 g/mol. The van der Waals surface area contributed by atoms with Crippen molar-refractivity contribution < 1.29 is 9.53 Å². The molecule has 32 heavy (non-hydrogen) atoms. The van der Waals surface area contributed by atoms with Crippen LogP contribution in [-0.2, 0) is 16.1 Å². The van der Waals surface area contributed by atoms with E-state index in [9.17, 15) is 4.79 Å². The Labute approximate surface area is 191 Å². The van der Waals surface area contributed by atoms with Gasteiger partial charge in [-0.25, -0.2) is 4.98 Å². The molecule has 2 heterocycles. The van der Waals surface area contributed by atoms with Crippen molar-refractivity contribution in [1.82, 2.24) is 9.55 Å². The number of amides is 1. The number of imidazole rings is 1. The zero-order chi connectivity index (χ0) is 21.8. The van der Waals surface area contributed by atoms with Crippen molar-refractivity contribution in [1.29, 1.82) is 0 Å². The molecule has 1 fully saturated rings. The summed E-state index contributed by atoms with van der Waals surface area (Å²) in [6.07, 6.45) is 4.24. The van der Waals surface area contributed by atoms with E-state index < -0.39 is 0 Å². The molecule has 6 heteroatoms. The Morgan fingerprint density at radius 1 is 1.06 bits per heavy atom. The maximum atomic E-state index is 12.8. The van der Waals surface area contributed by atoms with Crippen LogP contribution in [0.3, 0.4) is 0 Å². The van der Waals surface area contributed by atoms with Gasteiger partial charge < -0.3 is 14.6 Å². The van der Waals surface area contributed by atoms with Crippen molar-refractivity contribution in [3.8, 4) is 11.3 Å². The quantitative estimate of drug-likeness (QED) is 0.377. The van der Waals surface area contributed by atoms with Gasteiger partial charge in [-0.2, -0.15) is 0 Å². The van der Waals surface area contributed by atoms with Crippen LogP contribution in [0.5, 0.6) is 0 Å². The van der Waals surface area contributed by atoms with Gasteiger partial charge >= 0.3 is 0 Å². The average molecular weight is 444 g/mol. The normalized spacial score (nSPS) is 15.8. The van der Waals surface area contributed by atoms with Crippen LogP contribution in [-0.4, -0.2) is 33.9 Å². The predicted molar refractivity (Wildman–Crippen MR) is 130 cm³/mol. The number of nitrogens with one attached hydrogen (secondary N) is 1. The van der Waals surface area contributed by atoms with Gasteiger partial charge in [0.1, 0.15) is 0 Å². The zero-order valence-corrected chi connectivity index (χ0v) is 18.6. The SMILES string of the molecule is O=C(CSc1ncc(-c2ccccc2)n1C[C@H]1CCCO1)Nc1cccc2ccccc12. The maximum Gasteiger partial charge on any atom is 0.234 e. The summed E-state index contributed by atoms with van der Waals surface area (Å²) in [6.45, 7) is 1.56. The molecule has 0 aliphatic carbocycles. The lowest BCUT2D eigenvalue weighted by molar-refractivity contribution is -0.113. The second-order valence-electron chi connectivity index (χ2n) is 7.90. The second-order valence-corrected chi connectivity index (χ2v) is 8.84. The number of carbonyl (C=O) groups is 1. The number of anilines is 1. The van der Waals surface area contributed by atoms with Gasteiger partial charge in [-0.1, -0.05) is 78.5 Å². The van der Waals surface area contributed by atoms with Crippen LogP contribution < -0.4 is 5.32 Å². The van der Waals surface area contributed by atoms with Gasteiger partial charge in [-0.3, -0.25) is 4.79 Å². The van der Waals surface area contributed by atoms with Gasteiger partial charge in [0.15, 0.2) is 5.16 Å². The molecule has 5 rings (SSSR count). The number of nitrogens with zero attached hydrogens (tertiary/aromatic N) is 2. The van der Waals surface area contributed by atoms with Crippen molar-refractivity contribution in [2.75, 3.05) is 17.7 Å². The third-order valence-corrected chi connectivity index (χ3v) is 6.69. The molecular formula is C26H25N3O2S. The number of hydrogen-bond acceptors (Lipinski definition) is 4. The first-order valence-corrected chi connectivity index (χ1v) is 11.9. The van der Waals surface area contributed by atoms with E-state index in [0.717, 1.165) is 58.9 Å². The van der Waals surface area contributed by atoms with Crippen molar-refractivity contribution in [3.05, 3.63) is 79.0 Å². The fraction of sp³-hybridized carbons (Fsp3) is 0.231. The van der Waals surface area contributed by atoms with Gasteiger partial charge in [-0.15, -0.1) is 0 Å². The number of ether oxygens (including phenoxy) is 1. The molecule has 1 amide bonds. The number of fused-ring (bicyclic) bond motifs is 1. The Hall–Kier alpha value is -3.09. The van der Waals surface area contributed by atoms with E-state index in [1.807, 2.05) is 66.9 Å². The first kappa shape index (κ1) is 20.8. The standard InChI is InChI=1S/C26H25N3O2S/c30-25(28-23-14-6-11-19-8-4-5-13-22(19)23)18-32-26-27-16-24(20-9-2-1-3-10-20)29(26)17-21-12-7-15-31-21/h1-6,8-11,13-14,16,21H,7,12,15,17-18H2,(H,28,30)/t21-/m1/s1. The summed E-state index contributed by atoms with van der Waals surface area (Å²) in [5.41, 5.74) is 3.00. The molecule has 1 saturated heterocycles. The minimum Gasteiger partial charge on any atom is -0.376 e. The highest BCUT2D eigenvalue weighted by molar-refractivity contribution is 7.99. The third kappa shape index (κ3) is 4.56. The Balaban J connectivity index is 1.33. The minimum atomic E-state index is -0.0423. The van der Waals surface area contributed by atoms with E-state index in [0.29, 0.717) is 5.75 Å². The van der Waals surface area contributed by atoms with E-state index >= 15 is 0 Å². The largest absolute Gasteiger partial charge is 0.376 e. The smallest absolute Gasteiger partial charge is 0.234 e. The van der Waals surface area contributed by atoms with Crippen LogP contribution in [0.2, 0.25) is 0 Å². The Bertz CT molecular complexity index is 1210. The predicted octanol–water partition coefficient (Wildman–Crippen LogP) is 5.61. The number of benzene rings is 3. The molecule has 0 bridgehead atoms. The van der Waals surface area contributed by atoms with Crippen LogP contribution in [0.15, 0.2) is 84.1 Å². The monoisotopic (exact) mass is 443 g/mol. The van der Waals surface area contributed by atoms with Crippen LogP contribution >= 0.6 is 11.8 Å². The summed E-state index contributed by atoms with van der Waals surface area (Å²) in [6, 6.07) is 24.3. The van der Waals surface area contributed by atoms with Gasteiger partial charge in [0, 0.05) is 17.7 Å². The highest BCUT2D eigenvalue weighted by Gasteiger charge is 2.21. The van der Waals surface area contributed by atoms with E-state index in [4.69, 9.17) is 4.74 Å². The summed E-state index contributed by atoms with van der Waals surface area (Å²) in [7, 11) is 0. The van der Waals surface area contributed by atoms with Crippen molar-refractivity contribution in [2.45, 2.75) is 30.6 Å². The summed E-state index contributed by atoms with van der Waals surface area (Å²) >= 11 is 1.46. The highest BCUT2D eigenvalue weighted by atomic mass is 32.2. The lowest BCUT2D eigenvalue weighted by Gasteiger charge is -2.16. The van der Waals surface area contributed by atoms with Gasteiger partial charge in [0.2, 0.25) is 5.91 Å². The van der Waals surface area contributed by atoms with E-state index in [2.05, 4.69) is 27.0 Å². The number of thioether (sulfide) groups is 1. The molecule has 162 valence electrons. The van der Waals surface area contributed by atoms with E-state index in [1.54, 1.807) is 0 Å². The molecule has 1 aliphatic rings. The molecule has 1 N–H and O–H groups in total. The average Bonchev–Trinajstić information content (AvgIpc) is 3.49. The molecule has 1 aromatic heterocycles.